The number of halogens is 3. The number of fused-ring (bicyclic) bond motifs is 1. The van der Waals surface area contributed by atoms with E-state index >= 15 is 0 Å². The SMILES string of the molecule is O=c1c2cc(Br)ccc2ncn1Cc1cc(Br)ccc1F. The Hall–Kier alpha value is -1.53. The maximum atomic E-state index is 13.8. The molecule has 21 heavy (non-hydrogen) atoms. The van der Waals surface area contributed by atoms with Gasteiger partial charge in [0.25, 0.3) is 5.56 Å². The Morgan fingerprint density at radius 1 is 1.10 bits per heavy atom. The molecule has 0 aliphatic heterocycles. The van der Waals surface area contributed by atoms with Gasteiger partial charge in [0.15, 0.2) is 0 Å². The molecular formula is C15H9Br2FN2O. The van der Waals surface area contributed by atoms with E-state index in [4.69, 9.17) is 0 Å². The molecule has 1 heterocycles. The summed E-state index contributed by atoms with van der Waals surface area (Å²) in [6.07, 6.45) is 1.44. The van der Waals surface area contributed by atoms with Gasteiger partial charge in [0.05, 0.1) is 23.8 Å². The highest BCUT2D eigenvalue weighted by atomic mass is 79.9. The maximum Gasteiger partial charge on any atom is 0.261 e. The molecule has 0 saturated carbocycles. The van der Waals surface area contributed by atoms with E-state index in [2.05, 4.69) is 36.8 Å². The van der Waals surface area contributed by atoms with Crippen LogP contribution in [0.1, 0.15) is 5.56 Å². The number of rotatable bonds is 2. The van der Waals surface area contributed by atoms with E-state index in [1.807, 2.05) is 6.07 Å². The van der Waals surface area contributed by atoms with E-state index in [-0.39, 0.29) is 17.9 Å². The van der Waals surface area contributed by atoms with Crippen molar-refractivity contribution in [2.45, 2.75) is 6.54 Å². The second kappa shape index (κ2) is 5.69. The minimum atomic E-state index is -0.348. The third-order valence-electron chi connectivity index (χ3n) is 3.13. The van der Waals surface area contributed by atoms with Crippen LogP contribution in [0, 0.1) is 5.82 Å². The predicted molar refractivity (Wildman–Crippen MR) is 86.9 cm³/mol. The van der Waals surface area contributed by atoms with Crippen LogP contribution >= 0.6 is 31.9 Å². The topological polar surface area (TPSA) is 34.9 Å². The predicted octanol–water partition coefficient (Wildman–Crippen LogP) is 4.11. The summed E-state index contributed by atoms with van der Waals surface area (Å²) >= 11 is 6.64. The molecule has 3 aromatic rings. The average molecular weight is 412 g/mol. The maximum absolute atomic E-state index is 13.8. The first-order valence-corrected chi connectivity index (χ1v) is 7.72. The molecule has 1 aromatic heterocycles. The highest BCUT2D eigenvalue weighted by Crippen LogP contribution is 2.17. The average Bonchev–Trinajstić information content (AvgIpc) is 2.46. The summed E-state index contributed by atoms with van der Waals surface area (Å²) in [5.74, 6) is -0.348. The lowest BCUT2D eigenvalue weighted by Crippen LogP contribution is -2.21. The first-order valence-electron chi connectivity index (χ1n) is 6.13. The van der Waals surface area contributed by atoms with Gasteiger partial charge in [0.2, 0.25) is 0 Å². The molecule has 0 radical (unpaired) electrons. The third kappa shape index (κ3) is 2.91. The molecule has 0 spiro atoms. The van der Waals surface area contributed by atoms with Crippen molar-refractivity contribution < 1.29 is 4.39 Å². The molecule has 6 heteroatoms. The van der Waals surface area contributed by atoms with Gasteiger partial charge in [0.1, 0.15) is 5.82 Å². The Morgan fingerprint density at radius 2 is 1.81 bits per heavy atom. The van der Waals surface area contributed by atoms with Gasteiger partial charge < -0.3 is 0 Å². The molecule has 0 unspecified atom stereocenters. The van der Waals surface area contributed by atoms with Crippen molar-refractivity contribution in [3.05, 3.63) is 73.4 Å². The van der Waals surface area contributed by atoms with Crippen molar-refractivity contribution in [3.8, 4) is 0 Å². The van der Waals surface area contributed by atoms with Gasteiger partial charge in [-0.3, -0.25) is 9.36 Å². The number of aromatic nitrogens is 2. The second-order valence-corrected chi connectivity index (χ2v) is 6.41. The van der Waals surface area contributed by atoms with Crippen LogP contribution in [0.15, 0.2) is 56.5 Å². The van der Waals surface area contributed by atoms with E-state index in [0.29, 0.717) is 16.5 Å². The fraction of sp³-hybridized carbons (Fsp3) is 0.0667. The zero-order valence-electron chi connectivity index (χ0n) is 10.7. The van der Waals surface area contributed by atoms with Crippen LogP contribution in [0.25, 0.3) is 10.9 Å². The van der Waals surface area contributed by atoms with Gasteiger partial charge in [-0.2, -0.15) is 0 Å². The Morgan fingerprint density at radius 3 is 2.62 bits per heavy atom. The van der Waals surface area contributed by atoms with Crippen LogP contribution in [0.5, 0.6) is 0 Å². The van der Waals surface area contributed by atoms with E-state index in [9.17, 15) is 9.18 Å². The molecule has 0 atom stereocenters. The van der Waals surface area contributed by atoms with Gasteiger partial charge in [-0.15, -0.1) is 0 Å². The lowest BCUT2D eigenvalue weighted by Gasteiger charge is -2.08. The van der Waals surface area contributed by atoms with Crippen molar-refractivity contribution in [3.63, 3.8) is 0 Å². The molecule has 106 valence electrons. The highest BCUT2D eigenvalue weighted by molar-refractivity contribution is 9.10. The van der Waals surface area contributed by atoms with Crippen LogP contribution in [0.3, 0.4) is 0 Å². The monoisotopic (exact) mass is 410 g/mol. The van der Waals surface area contributed by atoms with Gasteiger partial charge in [0, 0.05) is 14.5 Å². The highest BCUT2D eigenvalue weighted by Gasteiger charge is 2.08. The first-order chi connectivity index (χ1) is 10.0. The fourth-order valence-corrected chi connectivity index (χ4v) is 2.86. The quantitative estimate of drug-likeness (QED) is 0.636. The smallest absolute Gasteiger partial charge is 0.261 e. The summed E-state index contributed by atoms with van der Waals surface area (Å²) in [5.41, 5.74) is 0.859. The van der Waals surface area contributed by atoms with Gasteiger partial charge in [-0.25, -0.2) is 9.37 Å². The van der Waals surface area contributed by atoms with Crippen LogP contribution in [0.4, 0.5) is 4.39 Å². The van der Waals surface area contributed by atoms with Gasteiger partial charge >= 0.3 is 0 Å². The molecule has 2 aromatic carbocycles. The second-order valence-electron chi connectivity index (χ2n) is 4.57. The van der Waals surface area contributed by atoms with Crippen LogP contribution in [-0.2, 0) is 6.54 Å². The van der Waals surface area contributed by atoms with E-state index in [1.165, 1.54) is 17.0 Å². The van der Waals surface area contributed by atoms with Crippen LogP contribution in [0.2, 0.25) is 0 Å². The molecule has 0 N–H and O–H groups in total. The van der Waals surface area contributed by atoms with Gasteiger partial charge in [-0.1, -0.05) is 31.9 Å². The first kappa shape index (κ1) is 14.4. The molecule has 0 aliphatic carbocycles. The van der Waals surface area contributed by atoms with Crippen molar-refractivity contribution in [2.24, 2.45) is 0 Å². The van der Waals surface area contributed by atoms with Gasteiger partial charge in [-0.05, 0) is 36.4 Å². The van der Waals surface area contributed by atoms with Crippen LogP contribution in [-0.4, -0.2) is 9.55 Å². The Kier molecular flexibility index (Phi) is 3.91. The molecule has 0 bridgehead atoms. The molecule has 3 rings (SSSR count). The Bertz CT molecular complexity index is 892. The molecule has 3 nitrogen and oxygen atoms in total. The van der Waals surface area contributed by atoms with Crippen LogP contribution < -0.4 is 5.56 Å². The normalized spacial score (nSPS) is 11.0. The minimum absolute atomic E-state index is 0.138. The molecule has 0 amide bonds. The molecule has 0 fully saturated rings. The largest absolute Gasteiger partial charge is 0.294 e. The standard InChI is InChI=1S/C15H9Br2FN2O/c16-10-1-3-13(18)9(5-10)7-20-8-19-14-4-2-11(17)6-12(14)15(20)21/h1-6,8H,7H2. The number of nitrogens with zero attached hydrogens (tertiary/aromatic N) is 2. The minimum Gasteiger partial charge on any atom is -0.294 e. The van der Waals surface area contributed by atoms with Crippen molar-refractivity contribution in [1.29, 1.82) is 0 Å². The number of hydrogen-bond donors (Lipinski definition) is 0. The van der Waals surface area contributed by atoms with E-state index < -0.39 is 0 Å². The third-order valence-corrected chi connectivity index (χ3v) is 4.12. The molecule has 0 aliphatic rings. The summed E-state index contributed by atoms with van der Waals surface area (Å²) in [6, 6.07) is 9.97. The summed E-state index contributed by atoms with van der Waals surface area (Å²) in [7, 11) is 0. The lowest BCUT2D eigenvalue weighted by molar-refractivity contribution is 0.595. The van der Waals surface area contributed by atoms with E-state index in [1.54, 1.807) is 24.3 Å². The number of hydrogen-bond acceptors (Lipinski definition) is 2. The Labute approximate surface area is 136 Å². The van der Waals surface area contributed by atoms with Crippen molar-refractivity contribution in [2.75, 3.05) is 0 Å². The summed E-state index contributed by atoms with van der Waals surface area (Å²) in [5, 5.41) is 0.502. The molecular weight excluding hydrogens is 403 g/mol. The Balaban J connectivity index is 2.11. The summed E-state index contributed by atoms with van der Waals surface area (Å²) in [4.78, 5) is 16.7. The summed E-state index contributed by atoms with van der Waals surface area (Å²) < 4.78 is 16.8. The van der Waals surface area contributed by atoms with E-state index in [0.717, 1.165) is 8.95 Å². The lowest BCUT2D eigenvalue weighted by atomic mass is 10.2. The fourth-order valence-electron chi connectivity index (χ4n) is 2.09. The van der Waals surface area contributed by atoms with Crippen molar-refractivity contribution >= 4 is 42.8 Å². The zero-order chi connectivity index (χ0) is 15.0. The zero-order valence-corrected chi connectivity index (χ0v) is 13.9. The molecule has 0 saturated heterocycles. The number of benzene rings is 2. The summed E-state index contributed by atoms with van der Waals surface area (Å²) in [6.45, 7) is 0.138. The van der Waals surface area contributed by atoms with Crippen molar-refractivity contribution in [1.82, 2.24) is 9.55 Å².